The molecule has 19 heteroatoms. The zero-order valence-electron chi connectivity index (χ0n) is 53.7. The summed E-state index contributed by atoms with van der Waals surface area (Å²) in [6.45, 7) is 38.9. The maximum Gasteiger partial charge on any atom is 0.267 e. The van der Waals surface area contributed by atoms with Gasteiger partial charge in [0.1, 0.15) is 59.1 Å². The minimum atomic E-state index is -0.460. The van der Waals surface area contributed by atoms with Gasteiger partial charge in [0.15, 0.2) is 11.3 Å². The average molecular weight is 1190 g/mol. The first-order valence-corrected chi connectivity index (χ1v) is 28.8. The van der Waals surface area contributed by atoms with Crippen molar-refractivity contribution in [1.29, 1.82) is 5.26 Å². The van der Waals surface area contributed by atoms with Gasteiger partial charge in [-0.25, -0.2) is 43.9 Å². The minimum absolute atomic E-state index is 0. The van der Waals surface area contributed by atoms with Gasteiger partial charge < -0.3 is 17.2 Å². The Balaban J connectivity index is 0.000000168. The standard InChI is InChI=1S/C12H15N3O.C12H13N3.2C12H15N3.2C10H13N3.CH4/c1-12(2,3)8-4-5-10-14-6-9(11(13)16)15(10)7-8;1-12(2,3)9-4-5-11-14-7-10(6-13)15(11)8-9;1-12(2,3)8-4-5-10-9(6-8)11(13)15-7-14-10;1-12(2,3)10-5-4-9-11(15-10)8(13)6-7-14-9;1-10(2,3)8-4-5-13-9(6-8)11-7-12-13;1-10(2,3)8-4-5-9-11-7-12-13(9)6-8;/h4-7H,1-3H3,(H2,13,16);4-5,7-8H,1-3H3;4-7H,1-3H3,(H2,13,14,15);4-7H,1-3H3,(H2,13,14);2*4-7H,1-3H3;1H4. The number of anilines is 2. The Morgan fingerprint density at radius 1 is 0.477 bits per heavy atom. The number of imidazole rings is 2. The van der Waals surface area contributed by atoms with Crippen LogP contribution in [0.25, 0.3) is 44.5 Å². The van der Waals surface area contributed by atoms with Gasteiger partial charge in [-0.1, -0.05) is 156 Å². The van der Waals surface area contributed by atoms with E-state index in [1.165, 1.54) is 34.8 Å². The molecule has 11 heterocycles. The van der Waals surface area contributed by atoms with Crippen molar-refractivity contribution in [3.8, 4) is 6.07 Å². The summed E-state index contributed by atoms with van der Waals surface area (Å²) < 4.78 is 7.15. The first kappa shape index (κ1) is 67.4. The number of primary amides is 1. The summed E-state index contributed by atoms with van der Waals surface area (Å²) in [4.78, 5) is 44.7. The van der Waals surface area contributed by atoms with E-state index in [4.69, 9.17) is 22.5 Å². The molecule has 0 spiro atoms. The summed E-state index contributed by atoms with van der Waals surface area (Å²) in [6, 6.07) is 30.2. The molecule has 0 saturated carbocycles. The number of amides is 1. The number of aromatic nitrogens is 14. The zero-order valence-corrected chi connectivity index (χ0v) is 53.7. The van der Waals surface area contributed by atoms with Crippen LogP contribution in [-0.4, -0.2) is 73.8 Å². The van der Waals surface area contributed by atoms with Crippen LogP contribution >= 0.6 is 0 Å². The minimum Gasteiger partial charge on any atom is -0.397 e. The lowest BCUT2D eigenvalue weighted by molar-refractivity contribution is 0.0994. The highest BCUT2D eigenvalue weighted by molar-refractivity contribution is 5.92. The van der Waals surface area contributed by atoms with Crippen LogP contribution < -0.4 is 17.2 Å². The van der Waals surface area contributed by atoms with Crippen molar-refractivity contribution in [3.63, 3.8) is 0 Å². The molecule has 6 N–H and O–H groups in total. The number of hydrogen-bond acceptors (Lipinski definition) is 14. The van der Waals surface area contributed by atoms with Gasteiger partial charge in [-0.2, -0.15) is 15.5 Å². The van der Waals surface area contributed by atoms with Gasteiger partial charge in [0.05, 0.1) is 29.1 Å². The topological polar surface area (TPSA) is 265 Å². The van der Waals surface area contributed by atoms with E-state index < -0.39 is 5.91 Å². The SMILES string of the molecule is C.CC(C)(C)c1ccc2ncc(C#N)n2c1.CC(C)(C)c1ccc2ncc(C(N)=O)n2c1.CC(C)(C)c1ccc2nccc(N)c2n1.CC(C)(C)c1ccc2ncnc(N)c2c1.CC(C)(C)c1ccc2ncnn2c1.CC(C)(C)c1ccn2ncnc2c1. The molecule has 12 aromatic rings. The highest BCUT2D eigenvalue weighted by Crippen LogP contribution is 2.29. The van der Waals surface area contributed by atoms with Crippen molar-refractivity contribution in [3.05, 3.63) is 192 Å². The van der Waals surface area contributed by atoms with Crippen LogP contribution in [0.3, 0.4) is 0 Å². The molecule has 0 aliphatic carbocycles. The van der Waals surface area contributed by atoms with E-state index in [9.17, 15) is 4.79 Å². The molecule has 12 rings (SSSR count). The van der Waals surface area contributed by atoms with Gasteiger partial charge in [-0.3, -0.25) is 18.6 Å². The van der Waals surface area contributed by atoms with E-state index in [2.05, 4.69) is 217 Å². The Morgan fingerprint density at radius 2 is 0.989 bits per heavy atom. The largest absolute Gasteiger partial charge is 0.397 e. The molecule has 0 bridgehead atoms. The molecule has 0 atom stereocenters. The van der Waals surface area contributed by atoms with Gasteiger partial charge in [0.2, 0.25) is 0 Å². The molecule has 0 saturated heterocycles. The number of rotatable bonds is 1. The van der Waals surface area contributed by atoms with E-state index in [1.54, 1.807) is 44.5 Å². The summed E-state index contributed by atoms with van der Waals surface area (Å²) in [7, 11) is 0. The van der Waals surface area contributed by atoms with Crippen LogP contribution in [0, 0.1) is 11.3 Å². The number of benzene rings is 1. The monoisotopic (exact) mass is 1180 g/mol. The predicted molar refractivity (Wildman–Crippen MR) is 356 cm³/mol. The highest BCUT2D eigenvalue weighted by Gasteiger charge is 2.20. The Labute approximate surface area is 517 Å². The lowest BCUT2D eigenvalue weighted by atomic mass is 9.86. The number of nitrogens with two attached hydrogens (primary N) is 3. The van der Waals surface area contributed by atoms with Crippen molar-refractivity contribution in [1.82, 2.24) is 67.9 Å². The zero-order chi connectivity index (χ0) is 64.0. The average Bonchev–Trinajstić information content (AvgIpc) is 4.30. The third kappa shape index (κ3) is 16.8. The molecular formula is C69H88N18O. The van der Waals surface area contributed by atoms with Gasteiger partial charge in [-0.05, 0) is 116 Å². The fourth-order valence-corrected chi connectivity index (χ4v) is 8.66. The quantitative estimate of drug-likeness (QED) is 0.138. The number of pyridine rings is 6. The van der Waals surface area contributed by atoms with Crippen molar-refractivity contribution >= 4 is 61.9 Å². The van der Waals surface area contributed by atoms with Crippen molar-refractivity contribution in [2.75, 3.05) is 11.5 Å². The van der Waals surface area contributed by atoms with Crippen LogP contribution in [0.15, 0.2) is 147 Å². The lowest BCUT2D eigenvalue weighted by Gasteiger charge is -2.19. The number of carbonyl (C=O) groups excluding carboxylic acids is 1. The van der Waals surface area contributed by atoms with Crippen molar-refractivity contribution in [2.45, 2.75) is 165 Å². The Bertz CT molecular complexity index is 4170. The number of nitriles is 1. The fourth-order valence-electron chi connectivity index (χ4n) is 8.66. The summed E-state index contributed by atoms with van der Waals surface area (Å²) in [5.74, 6) is 0.0876. The number of carbonyl (C=O) groups is 1. The molecule has 0 aliphatic rings. The summed E-state index contributed by atoms with van der Waals surface area (Å²) >= 11 is 0. The first-order valence-electron chi connectivity index (χ1n) is 28.8. The van der Waals surface area contributed by atoms with Crippen LogP contribution in [0.2, 0.25) is 0 Å². The number of hydrogen-bond donors (Lipinski definition) is 3. The number of nitrogen functional groups attached to an aromatic ring is 2. The molecule has 0 fully saturated rings. The second-order valence-corrected chi connectivity index (χ2v) is 27.5. The molecule has 460 valence electrons. The first-order chi connectivity index (χ1) is 40.5. The number of fused-ring (bicyclic) bond motifs is 6. The molecule has 0 unspecified atom stereocenters. The second-order valence-electron chi connectivity index (χ2n) is 27.5. The van der Waals surface area contributed by atoms with E-state index in [0.29, 0.717) is 22.9 Å². The Kier molecular flexibility index (Phi) is 20.3. The fraction of sp³-hybridized carbons (Fsp3) is 0.362. The maximum atomic E-state index is 11.2. The van der Waals surface area contributed by atoms with Crippen LogP contribution in [0.5, 0.6) is 0 Å². The van der Waals surface area contributed by atoms with E-state index in [0.717, 1.165) is 55.8 Å². The van der Waals surface area contributed by atoms with Gasteiger partial charge in [-0.15, -0.1) is 0 Å². The van der Waals surface area contributed by atoms with Crippen molar-refractivity contribution in [2.24, 2.45) is 5.73 Å². The highest BCUT2D eigenvalue weighted by atomic mass is 16.1. The molecule has 88 heavy (non-hydrogen) atoms. The van der Waals surface area contributed by atoms with Gasteiger partial charge >= 0.3 is 0 Å². The summed E-state index contributed by atoms with van der Waals surface area (Å²) in [5.41, 5.74) is 32.4. The summed E-state index contributed by atoms with van der Waals surface area (Å²) in [5, 5.41) is 18.0. The van der Waals surface area contributed by atoms with E-state index in [-0.39, 0.29) is 39.9 Å². The third-order valence-corrected chi connectivity index (χ3v) is 14.3. The molecule has 0 aliphatic heterocycles. The predicted octanol–water partition coefficient (Wildman–Crippen LogP) is 13.9. The smallest absolute Gasteiger partial charge is 0.267 e. The summed E-state index contributed by atoms with van der Waals surface area (Å²) in [6.07, 6.45) is 17.3. The molecule has 19 nitrogen and oxygen atoms in total. The molecular weight excluding hydrogens is 1100 g/mol. The molecule has 0 radical (unpaired) electrons. The van der Waals surface area contributed by atoms with E-state index in [1.807, 2.05) is 71.7 Å². The van der Waals surface area contributed by atoms with Crippen LogP contribution in [0.4, 0.5) is 11.5 Å². The molecule has 1 amide bonds. The lowest BCUT2D eigenvalue weighted by Crippen LogP contribution is -2.16. The van der Waals surface area contributed by atoms with Gasteiger partial charge in [0, 0.05) is 47.5 Å². The molecule has 11 aromatic heterocycles. The number of nitrogens with zero attached hydrogens (tertiary/aromatic N) is 15. The molecule has 1 aromatic carbocycles. The Morgan fingerprint density at radius 3 is 1.57 bits per heavy atom. The second kappa shape index (κ2) is 26.5. The normalized spacial score (nSPS) is 11.8. The third-order valence-electron chi connectivity index (χ3n) is 14.3. The van der Waals surface area contributed by atoms with E-state index >= 15 is 0 Å². The van der Waals surface area contributed by atoms with Gasteiger partial charge in [0.25, 0.3) is 5.91 Å². The van der Waals surface area contributed by atoms with Crippen molar-refractivity contribution < 1.29 is 4.79 Å². The maximum absolute atomic E-state index is 11.2. The van der Waals surface area contributed by atoms with Crippen LogP contribution in [-0.2, 0) is 32.5 Å². The Hall–Kier alpha value is -9.70. The van der Waals surface area contributed by atoms with Crippen LogP contribution in [0.1, 0.15) is 182 Å².